The Balaban J connectivity index is 1.40. The molecule has 0 spiro atoms. The molecule has 0 unspecified atom stereocenters. The number of aromatic nitrogens is 6. The molecule has 0 aliphatic heterocycles. The molecule has 2 N–H and O–H groups in total. The lowest BCUT2D eigenvalue weighted by Crippen LogP contribution is -2.19. The molecule has 186 valence electrons. The van der Waals surface area contributed by atoms with Crippen molar-refractivity contribution in [3.63, 3.8) is 0 Å². The molecular formula is C28H26FN7O. The van der Waals surface area contributed by atoms with Crippen LogP contribution in [0.4, 0.5) is 4.39 Å². The maximum atomic E-state index is 14.5. The zero-order chi connectivity index (χ0) is 25.5. The Kier molecular flexibility index (Phi) is 5.69. The van der Waals surface area contributed by atoms with Crippen molar-refractivity contribution < 1.29 is 9.13 Å². The Morgan fingerprint density at radius 2 is 1.84 bits per heavy atom. The Bertz CT molecular complexity index is 1730. The quantitative estimate of drug-likeness (QED) is 0.316. The summed E-state index contributed by atoms with van der Waals surface area (Å²) in [5, 5.41) is 13.9. The average Bonchev–Trinajstić information content (AvgIpc) is 3.60. The lowest BCUT2D eigenvalue weighted by Gasteiger charge is -2.12. The minimum atomic E-state index is -0.355. The van der Waals surface area contributed by atoms with Gasteiger partial charge in [-0.15, -0.1) is 0 Å². The summed E-state index contributed by atoms with van der Waals surface area (Å²) >= 11 is 0. The first-order valence-electron chi connectivity index (χ1n) is 12.0. The van der Waals surface area contributed by atoms with Gasteiger partial charge in [0.25, 0.3) is 0 Å². The van der Waals surface area contributed by atoms with E-state index in [2.05, 4.69) is 37.4 Å². The lowest BCUT2D eigenvalue weighted by molar-refractivity contribution is 0.260. The Labute approximate surface area is 212 Å². The van der Waals surface area contributed by atoms with Crippen LogP contribution < -0.4 is 4.74 Å². The number of ether oxygens (including phenoxy) is 1. The van der Waals surface area contributed by atoms with Gasteiger partial charge in [0.1, 0.15) is 23.9 Å². The SMILES string of the molecule is CN(C)CCOc1cc(F)cc(-c2cncc3[nH]c(-c4n[nH]c5ccc(-c6cnn(C)c6)cc45)cc23)c1. The van der Waals surface area contributed by atoms with E-state index in [9.17, 15) is 4.39 Å². The molecule has 9 heteroatoms. The van der Waals surface area contributed by atoms with E-state index in [1.54, 1.807) is 17.1 Å². The summed E-state index contributed by atoms with van der Waals surface area (Å²) in [6, 6.07) is 13.0. The second-order valence-corrected chi connectivity index (χ2v) is 9.39. The second kappa shape index (κ2) is 9.18. The van der Waals surface area contributed by atoms with Crippen LogP contribution in [0.25, 0.3) is 55.4 Å². The molecular weight excluding hydrogens is 469 g/mol. The van der Waals surface area contributed by atoms with Crippen LogP contribution in [-0.2, 0) is 7.05 Å². The van der Waals surface area contributed by atoms with Gasteiger partial charge in [-0.05, 0) is 55.6 Å². The monoisotopic (exact) mass is 495 g/mol. The molecule has 6 aromatic rings. The topological polar surface area (TPSA) is 87.7 Å². The van der Waals surface area contributed by atoms with E-state index in [1.807, 2.05) is 56.6 Å². The van der Waals surface area contributed by atoms with Gasteiger partial charge in [-0.2, -0.15) is 10.2 Å². The first-order valence-corrected chi connectivity index (χ1v) is 12.0. The first-order chi connectivity index (χ1) is 17.9. The number of likely N-dealkylation sites (N-methyl/N-ethyl adjacent to an activating group) is 1. The number of rotatable bonds is 7. The molecule has 37 heavy (non-hydrogen) atoms. The van der Waals surface area contributed by atoms with Gasteiger partial charge < -0.3 is 14.6 Å². The van der Waals surface area contributed by atoms with Crippen molar-refractivity contribution in [1.29, 1.82) is 0 Å². The van der Waals surface area contributed by atoms with Crippen molar-refractivity contribution >= 4 is 21.8 Å². The highest BCUT2D eigenvalue weighted by Gasteiger charge is 2.16. The minimum Gasteiger partial charge on any atom is -0.492 e. The zero-order valence-electron chi connectivity index (χ0n) is 20.8. The highest BCUT2D eigenvalue weighted by molar-refractivity contribution is 6.01. The standard InChI is InChI=1S/C28H26FN7O/c1-35(2)6-7-37-21-9-18(8-20(29)11-21)24-14-30-15-27-22(24)12-26(32-27)28-23-10-17(4-5-25(23)33-34-28)19-13-31-36(3)16-19/h4-5,8-16,32H,6-7H2,1-3H3,(H,33,34). The van der Waals surface area contributed by atoms with E-state index in [0.717, 1.165) is 56.4 Å². The summed E-state index contributed by atoms with van der Waals surface area (Å²) in [5.74, 6) is 0.136. The van der Waals surface area contributed by atoms with Crippen molar-refractivity contribution in [2.24, 2.45) is 7.05 Å². The van der Waals surface area contributed by atoms with E-state index >= 15 is 0 Å². The van der Waals surface area contributed by atoms with Crippen molar-refractivity contribution in [3.05, 3.63) is 73.1 Å². The molecule has 0 amide bonds. The first kappa shape index (κ1) is 22.9. The van der Waals surface area contributed by atoms with Crippen molar-refractivity contribution in [2.75, 3.05) is 27.2 Å². The van der Waals surface area contributed by atoms with Crippen molar-refractivity contribution in [2.45, 2.75) is 0 Å². The summed E-state index contributed by atoms with van der Waals surface area (Å²) in [5.41, 5.74) is 7.03. The van der Waals surface area contributed by atoms with Crippen LogP contribution in [0.1, 0.15) is 0 Å². The molecule has 0 aliphatic rings. The van der Waals surface area contributed by atoms with Crippen LogP contribution in [0.15, 0.2) is 67.3 Å². The highest BCUT2D eigenvalue weighted by atomic mass is 19.1. The highest BCUT2D eigenvalue weighted by Crippen LogP contribution is 2.36. The molecule has 0 atom stereocenters. The number of benzene rings is 2. The third-order valence-electron chi connectivity index (χ3n) is 6.39. The number of hydrogen-bond acceptors (Lipinski definition) is 5. The van der Waals surface area contributed by atoms with E-state index in [4.69, 9.17) is 4.74 Å². The summed E-state index contributed by atoms with van der Waals surface area (Å²) in [7, 11) is 5.84. The summed E-state index contributed by atoms with van der Waals surface area (Å²) in [6.07, 6.45) is 7.35. The molecule has 0 fully saturated rings. The Morgan fingerprint density at radius 3 is 2.65 bits per heavy atom. The predicted octanol–water partition coefficient (Wildman–Crippen LogP) is 5.25. The van der Waals surface area contributed by atoms with Gasteiger partial charge in [0, 0.05) is 54.0 Å². The number of H-pyrrole nitrogens is 2. The fraction of sp³-hybridized carbons (Fsp3) is 0.179. The second-order valence-electron chi connectivity index (χ2n) is 9.39. The number of nitrogens with one attached hydrogen (secondary N) is 2. The van der Waals surface area contributed by atoms with E-state index in [1.165, 1.54) is 12.1 Å². The third-order valence-corrected chi connectivity index (χ3v) is 6.39. The van der Waals surface area contributed by atoms with Crippen LogP contribution in [0, 0.1) is 5.82 Å². The van der Waals surface area contributed by atoms with E-state index < -0.39 is 0 Å². The van der Waals surface area contributed by atoms with Gasteiger partial charge >= 0.3 is 0 Å². The van der Waals surface area contributed by atoms with E-state index in [-0.39, 0.29) is 5.82 Å². The molecule has 0 bridgehead atoms. The Morgan fingerprint density at radius 1 is 0.946 bits per heavy atom. The van der Waals surface area contributed by atoms with Crippen molar-refractivity contribution in [1.82, 2.24) is 34.8 Å². The number of fused-ring (bicyclic) bond motifs is 2. The smallest absolute Gasteiger partial charge is 0.127 e. The largest absolute Gasteiger partial charge is 0.492 e. The molecule has 4 aromatic heterocycles. The summed E-state index contributed by atoms with van der Waals surface area (Å²) in [6.45, 7) is 1.21. The van der Waals surface area contributed by atoms with E-state index in [0.29, 0.717) is 17.9 Å². The normalized spacial score (nSPS) is 11.7. The molecule has 0 radical (unpaired) electrons. The molecule has 6 rings (SSSR count). The molecule has 0 aliphatic carbocycles. The fourth-order valence-electron chi connectivity index (χ4n) is 4.53. The maximum Gasteiger partial charge on any atom is 0.127 e. The summed E-state index contributed by atoms with van der Waals surface area (Å²) in [4.78, 5) is 9.87. The average molecular weight is 496 g/mol. The Hall–Kier alpha value is -4.50. The van der Waals surface area contributed by atoms with Crippen LogP contribution in [0.2, 0.25) is 0 Å². The van der Waals surface area contributed by atoms with Crippen LogP contribution in [-0.4, -0.2) is 62.1 Å². The maximum absolute atomic E-state index is 14.5. The molecule has 4 heterocycles. The molecule has 0 saturated heterocycles. The number of hydrogen-bond donors (Lipinski definition) is 2. The third kappa shape index (κ3) is 4.45. The van der Waals surface area contributed by atoms with Crippen LogP contribution in [0.5, 0.6) is 5.75 Å². The fourth-order valence-corrected chi connectivity index (χ4v) is 4.53. The molecule has 8 nitrogen and oxygen atoms in total. The van der Waals surface area contributed by atoms with Gasteiger partial charge in [-0.25, -0.2) is 4.39 Å². The van der Waals surface area contributed by atoms with Crippen LogP contribution >= 0.6 is 0 Å². The number of pyridine rings is 1. The van der Waals surface area contributed by atoms with Gasteiger partial charge in [-0.1, -0.05) is 6.07 Å². The number of nitrogens with zero attached hydrogens (tertiary/aromatic N) is 5. The number of aromatic amines is 2. The van der Waals surface area contributed by atoms with Gasteiger partial charge in [0.2, 0.25) is 0 Å². The van der Waals surface area contributed by atoms with Gasteiger partial charge in [0.05, 0.1) is 29.1 Å². The van der Waals surface area contributed by atoms with Gasteiger partial charge in [0.15, 0.2) is 0 Å². The number of halogens is 1. The minimum absolute atomic E-state index is 0.355. The summed E-state index contributed by atoms with van der Waals surface area (Å²) < 4.78 is 22.1. The molecule has 2 aromatic carbocycles. The van der Waals surface area contributed by atoms with Gasteiger partial charge in [-0.3, -0.25) is 14.8 Å². The molecule has 0 saturated carbocycles. The zero-order valence-corrected chi connectivity index (χ0v) is 20.8. The lowest BCUT2D eigenvalue weighted by atomic mass is 10.0. The van der Waals surface area contributed by atoms with Crippen LogP contribution in [0.3, 0.4) is 0 Å². The number of aryl methyl sites for hydroxylation is 1. The van der Waals surface area contributed by atoms with Crippen molar-refractivity contribution in [3.8, 4) is 39.4 Å². The predicted molar refractivity (Wildman–Crippen MR) is 143 cm³/mol.